The van der Waals surface area contributed by atoms with E-state index < -0.39 is 54.0 Å². The predicted molar refractivity (Wildman–Crippen MR) is 111 cm³/mol. The van der Waals surface area contributed by atoms with Crippen LogP contribution in [0.2, 0.25) is 0 Å². The molecule has 30 heavy (non-hydrogen) atoms. The van der Waals surface area contributed by atoms with Crippen LogP contribution in [-0.2, 0) is 19.2 Å². The lowest BCUT2D eigenvalue weighted by Gasteiger charge is -2.25. The van der Waals surface area contributed by atoms with Crippen molar-refractivity contribution in [2.45, 2.75) is 83.6 Å². The number of aliphatic hydroxyl groups excluding tert-OH is 1. The van der Waals surface area contributed by atoms with E-state index in [-0.39, 0.29) is 12.3 Å². The van der Waals surface area contributed by atoms with Crippen LogP contribution >= 0.6 is 0 Å². The summed E-state index contributed by atoms with van der Waals surface area (Å²) in [6.07, 6.45) is 0.898. The summed E-state index contributed by atoms with van der Waals surface area (Å²) < 4.78 is 0. The molecule has 0 bridgehead atoms. The minimum absolute atomic E-state index is 0.264. The molecule has 0 aromatic rings. The van der Waals surface area contributed by atoms with E-state index in [1.54, 1.807) is 6.92 Å². The van der Waals surface area contributed by atoms with Crippen LogP contribution in [0.25, 0.3) is 0 Å². The van der Waals surface area contributed by atoms with Crippen molar-refractivity contribution in [3.05, 3.63) is 0 Å². The number of carbonyl (C=O) groups excluding carboxylic acids is 3. The second-order valence-corrected chi connectivity index (χ2v) is 7.55. The molecular formula is C19H37N5O6. The third-order valence-corrected chi connectivity index (χ3v) is 4.93. The lowest BCUT2D eigenvalue weighted by Crippen LogP contribution is -2.57. The van der Waals surface area contributed by atoms with Gasteiger partial charge in [-0.15, -0.1) is 0 Å². The number of aliphatic hydroxyl groups is 1. The number of amides is 3. The Kier molecular flexibility index (Phi) is 12.8. The van der Waals surface area contributed by atoms with Gasteiger partial charge >= 0.3 is 5.97 Å². The van der Waals surface area contributed by atoms with Crippen LogP contribution < -0.4 is 27.4 Å². The zero-order chi connectivity index (χ0) is 23.4. The third kappa shape index (κ3) is 9.51. The molecular weight excluding hydrogens is 394 g/mol. The van der Waals surface area contributed by atoms with E-state index in [1.807, 2.05) is 6.92 Å². The molecule has 9 N–H and O–H groups in total. The Morgan fingerprint density at radius 1 is 0.933 bits per heavy atom. The van der Waals surface area contributed by atoms with Crippen molar-refractivity contribution in [2.75, 3.05) is 6.54 Å². The standard InChI is InChI=1S/C19H37N5O6/c1-5-10(2)15(19(29)30)24-16(26)11(3)22-17(27)13(8-6-7-9-20)23-18(28)14(21)12(4)25/h10-15,25H,5-9,20-21H2,1-4H3,(H,22,27)(H,23,28)(H,24,26)(H,29,30). The first-order valence-electron chi connectivity index (χ1n) is 10.2. The molecule has 0 aliphatic carbocycles. The minimum atomic E-state index is -1.21. The first-order valence-corrected chi connectivity index (χ1v) is 10.2. The number of carbonyl (C=O) groups is 4. The van der Waals surface area contributed by atoms with E-state index in [0.29, 0.717) is 25.8 Å². The molecule has 3 amide bonds. The Morgan fingerprint density at radius 3 is 2.00 bits per heavy atom. The van der Waals surface area contributed by atoms with E-state index in [4.69, 9.17) is 11.5 Å². The van der Waals surface area contributed by atoms with Gasteiger partial charge in [-0.3, -0.25) is 14.4 Å². The number of nitrogens with one attached hydrogen (secondary N) is 3. The zero-order valence-corrected chi connectivity index (χ0v) is 18.2. The topological polar surface area (TPSA) is 197 Å². The molecule has 174 valence electrons. The average molecular weight is 432 g/mol. The smallest absolute Gasteiger partial charge is 0.326 e. The molecule has 0 aromatic carbocycles. The van der Waals surface area contributed by atoms with E-state index in [2.05, 4.69) is 16.0 Å². The van der Waals surface area contributed by atoms with Crippen molar-refractivity contribution >= 4 is 23.7 Å². The molecule has 0 heterocycles. The zero-order valence-electron chi connectivity index (χ0n) is 18.2. The van der Waals surface area contributed by atoms with Gasteiger partial charge in [0.2, 0.25) is 17.7 Å². The maximum absolute atomic E-state index is 12.6. The van der Waals surface area contributed by atoms with Crippen LogP contribution in [0.3, 0.4) is 0 Å². The van der Waals surface area contributed by atoms with Gasteiger partial charge in [-0.2, -0.15) is 0 Å². The molecule has 6 unspecified atom stereocenters. The van der Waals surface area contributed by atoms with Crippen LogP contribution in [0.15, 0.2) is 0 Å². The number of nitrogens with two attached hydrogens (primary N) is 2. The SMILES string of the molecule is CCC(C)C(NC(=O)C(C)NC(=O)C(CCCCN)NC(=O)C(N)C(C)O)C(=O)O. The van der Waals surface area contributed by atoms with Gasteiger partial charge in [0.05, 0.1) is 6.10 Å². The Morgan fingerprint density at radius 2 is 1.53 bits per heavy atom. The first kappa shape index (κ1) is 27.8. The van der Waals surface area contributed by atoms with Crippen LogP contribution in [0.4, 0.5) is 0 Å². The summed E-state index contributed by atoms with van der Waals surface area (Å²) in [4.78, 5) is 48.5. The lowest BCUT2D eigenvalue weighted by atomic mass is 9.99. The van der Waals surface area contributed by atoms with Crippen LogP contribution in [-0.4, -0.2) is 70.7 Å². The molecule has 0 saturated carbocycles. The number of carboxylic acids is 1. The molecule has 0 saturated heterocycles. The number of hydrogen-bond donors (Lipinski definition) is 7. The van der Waals surface area contributed by atoms with Gasteiger partial charge in [0, 0.05) is 0 Å². The molecule has 0 fully saturated rings. The molecule has 11 nitrogen and oxygen atoms in total. The number of carboxylic acid groups (broad SMARTS) is 1. The largest absolute Gasteiger partial charge is 0.480 e. The van der Waals surface area contributed by atoms with Gasteiger partial charge in [0.25, 0.3) is 0 Å². The highest BCUT2D eigenvalue weighted by Crippen LogP contribution is 2.08. The van der Waals surface area contributed by atoms with Crippen molar-refractivity contribution in [3.8, 4) is 0 Å². The van der Waals surface area contributed by atoms with Crippen molar-refractivity contribution in [3.63, 3.8) is 0 Å². The summed E-state index contributed by atoms with van der Waals surface area (Å²) in [5, 5.41) is 26.2. The highest BCUT2D eigenvalue weighted by atomic mass is 16.4. The Labute approximate surface area is 177 Å². The second kappa shape index (κ2) is 13.9. The van der Waals surface area contributed by atoms with Gasteiger partial charge in [0.15, 0.2) is 0 Å². The highest BCUT2D eigenvalue weighted by Gasteiger charge is 2.30. The quantitative estimate of drug-likeness (QED) is 0.160. The Bertz CT molecular complexity index is 586. The van der Waals surface area contributed by atoms with E-state index in [0.717, 1.165) is 0 Å². The number of rotatable bonds is 14. The summed E-state index contributed by atoms with van der Waals surface area (Å²) in [6, 6.07) is -4.29. The molecule has 0 spiro atoms. The number of aliphatic carboxylic acids is 1. The Hall–Kier alpha value is -2.24. The molecule has 6 atom stereocenters. The fourth-order valence-corrected chi connectivity index (χ4v) is 2.59. The van der Waals surface area contributed by atoms with E-state index in [1.165, 1.54) is 13.8 Å². The van der Waals surface area contributed by atoms with Crippen molar-refractivity contribution < 1.29 is 29.4 Å². The van der Waals surface area contributed by atoms with Gasteiger partial charge in [-0.25, -0.2) is 4.79 Å². The summed E-state index contributed by atoms with van der Waals surface area (Å²) in [6.45, 7) is 6.71. The van der Waals surface area contributed by atoms with Gasteiger partial charge in [-0.05, 0) is 45.6 Å². The van der Waals surface area contributed by atoms with E-state index >= 15 is 0 Å². The summed E-state index contributed by atoms with van der Waals surface area (Å²) in [5.41, 5.74) is 11.1. The molecule has 11 heteroatoms. The second-order valence-electron chi connectivity index (χ2n) is 7.55. The molecule has 0 aromatic heterocycles. The van der Waals surface area contributed by atoms with Crippen molar-refractivity contribution in [1.29, 1.82) is 0 Å². The molecule has 0 aliphatic heterocycles. The van der Waals surface area contributed by atoms with Crippen LogP contribution in [0.1, 0.15) is 53.4 Å². The monoisotopic (exact) mass is 431 g/mol. The van der Waals surface area contributed by atoms with Crippen LogP contribution in [0.5, 0.6) is 0 Å². The number of hydrogen-bond acceptors (Lipinski definition) is 7. The fourth-order valence-electron chi connectivity index (χ4n) is 2.59. The maximum atomic E-state index is 12.6. The molecule has 0 radical (unpaired) electrons. The van der Waals surface area contributed by atoms with Crippen molar-refractivity contribution in [1.82, 2.24) is 16.0 Å². The van der Waals surface area contributed by atoms with E-state index in [9.17, 15) is 29.4 Å². The van der Waals surface area contributed by atoms with Gasteiger partial charge in [-0.1, -0.05) is 20.3 Å². The minimum Gasteiger partial charge on any atom is -0.480 e. The molecule has 0 aliphatic rings. The average Bonchev–Trinajstić information content (AvgIpc) is 2.69. The fraction of sp³-hybridized carbons (Fsp3) is 0.789. The highest BCUT2D eigenvalue weighted by molar-refractivity contribution is 5.94. The molecule has 0 rings (SSSR count). The predicted octanol–water partition coefficient (Wildman–Crippen LogP) is -1.57. The van der Waals surface area contributed by atoms with Gasteiger partial charge in [0.1, 0.15) is 24.2 Å². The summed E-state index contributed by atoms with van der Waals surface area (Å²) >= 11 is 0. The normalized spacial score (nSPS) is 17.0. The van der Waals surface area contributed by atoms with Gasteiger partial charge < -0.3 is 37.6 Å². The summed E-state index contributed by atoms with van der Waals surface area (Å²) in [5.74, 6) is -3.41. The Balaban J connectivity index is 5.10. The third-order valence-electron chi connectivity index (χ3n) is 4.93. The maximum Gasteiger partial charge on any atom is 0.326 e. The van der Waals surface area contributed by atoms with Crippen molar-refractivity contribution in [2.24, 2.45) is 17.4 Å². The summed E-state index contributed by atoms with van der Waals surface area (Å²) in [7, 11) is 0. The van der Waals surface area contributed by atoms with Crippen LogP contribution in [0, 0.1) is 5.92 Å². The number of unbranched alkanes of at least 4 members (excludes halogenated alkanes) is 1. The lowest BCUT2D eigenvalue weighted by molar-refractivity contribution is -0.143. The first-order chi connectivity index (χ1) is 14.0.